The predicted molar refractivity (Wildman–Crippen MR) is 97.2 cm³/mol. The first kappa shape index (κ1) is 16.5. The Morgan fingerprint density at radius 3 is 2.88 bits per heavy atom. The molecular formula is C18H15ClN4O3. The minimum absolute atomic E-state index is 0.0156. The molecular weight excluding hydrogens is 356 g/mol. The monoisotopic (exact) mass is 370 g/mol. The molecule has 4 rings (SSSR count). The number of nitro groups is 1. The molecule has 1 aromatic heterocycles. The molecule has 132 valence electrons. The second kappa shape index (κ2) is 6.42. The minimum atomic E-state index is -0.584. The molecule has 7 nitrogen and oxygen atoms in total. The molecule has 1 fully saturated rings. The van der Waals surface area contributed by atoms with Crippen molar-refractivity contribution in [2.24, 2.45) is 0 Å². The number of halogens is 1. The van der Waals surface area contributed by atoms with Gasteiger partial charge in [0.05, 0.1) is 22.0 Å². The van der Waals surface area contributed by atoms with E-state index in [-0.39, 0.29) is 28.2 Å². The zero-order valence-electron chi connectivity index (χ0n) is 13.7. The maximum atomic E-state index is 13.0. The number of fused-ring (bicyclic) bond motifs is 1. The molecule has 1 N–H and O–H groups in total. The Morgan fingerprint density at radius 1 is 1.31 bits per heavy atom. The van der Waals surface area contributed by atoms with E-state index in [4.69, 9.17) is 11.6 Å². The molecule has 2 aromatic carbocycles. The first-order chi connectivity index (χ1) is 12.5. The molecule has 1 saturated heterocycles. The Bertz CT molecular complexity index is 984. The number of nitro benzene ring substituents is 1. The maximum Gasteiger partial charge on any atom is 0.288 e. The summed E-state index contributed by atoms with van der Waals surface area (Å²) in [6.07, 6.45) is 1.64. The number of para-hydroxylation sites is 2. The number of rotatable bonds is 3. The number of H-pyrrole nitrogens is 1. The number of likely N-dealkylation sites (tertiary alicyclic amines) is 1. The lowest BCUT2D eigenvalue weighted by molar-refractivity contribution is -0.384. The topological polar surface area (TPSA) is 92.1 Å². The Labute approximate surface area is 153 Å². The molecule has 1 amide bonds. The number of benzene rings is 2. The van der Waals surface area contributed by atoms with Crippen molar-refractivity contribution in [2.45, 2.75) is 18.9 Å². The normalized spacial score (nSPS) is 17.0. The Hall–Kier alpha value is -2.93. The maximum absolute atomic E-state index is 13.0. The first-order valence-corrected chi connectivity index (χ1v) is 8.62. The smallest absolute Gasteiger partial charge is 0.288 e. The number of hydrogen-bond acceptors (Lipinski definition) is 4. The number of hydrogen-bond donors (Lipinski definition) is 1. The number of aromatic nitrogens is 2. The fourth-order valence-electron chi connectivity index (χ4n) is 3.38. The van der Waals surface area contributed by atoms with Gasteiger partial charge in [0.1, 0.15) is 10.8 Å². The Morgan fingerprint density at radius 2 is 2.12 bits per heavy atom. The van der Waals surface area contributed by atoms with Gasteiger partial charge in [-0.1, -0.05) is 23.7 Å². The highest BCUT2D eigenvalue weighted by atomic mass is 35.5. The number of carbonyl (C=O) groups is 1. The van der Waals surface area contributed by atoms with Crippen molar-refractivity contribution in [3.8, 4) is 0 Å². The van der Waals surface area contributed by atoms with Crippen LogP contribution in [0.15, 0.2) is 42.5 Å². The van der Waals surface area contributed by atoms with Crippen LogP contribution >= 0.6 is 11.6 Å². The summed E-state index contributed by atoms with van der Waals surface area (Å²) in [5.74, 6) is 0.480. The zero-order chi connectivity index (χ0) is 18.3. The third-order valence-corrected chi connectivity index (χ3v) is 4.95. The molecule has 3 aromatic rings. The molecule has 1 unspecified atom stereocenters. The van der Waals surface area contributed by atoms with Crippen LogP contribution < -0.4 is 0 Å². The van der Waals surface area contributed by atoms with Crippen molar-refractivity contribution in [3.05, 3.63) is 69.0 Å². The van der Waals surface area contributed by atoms with Crippen LogP contribution in [0.25, 0.3) is 11.0 Å². The van der Waals surface area contributed by atoms with Crippen LogP contribution in [0.2, 0.25) is 5.02 Å². The summed E-state index contributed by atoms with van der Waals surface area (Å²) in [6, 6.07) is 11.7. The average Bonchev–Trinajstić information content (AvgIpc) is 3.27. The van der Waals surface area contributed by atoms with E-state index in [2.05, 4.69) is 9.97 Å². The van der Waals surface area contributed by atoms with Gasteiger partial charge in [-0.2, -0.15) is 0 Å². The van der Waals surface area contributed by atoms with Gasteiger partial charge >= 0.3 is 0 Å². The molecule has 0 aliphatic carbocycles. The van der Waals surface area contributed by atoms with Crippen molar-refractivity contribution in [3.63, 3.8) is 0 Å². The van der Waals surface area contributed by atoms with Crippen LogP contribution in [-0.2, 0) is 0 Å². The summed E-state index contributed by atoms with van der Waals surface area (Å²) < 4.78 is 0. The number of amides is 1. The SMILES string of the molecule is O=C(c1ccc(Cl)c([N+](=O)[O-])c1)N1CCCC1c1nc2ccccc2[nH]1. The van der Waals surface area contributed by atoms with E-state index in [1.54, 1.807) is 4.90 Å². The summed E-state index contributed by atoms with van der Waals surface area (Å²) in [6.45, 7) is 0.580. The largest absolute Gasteiger partial charge is 0.340 e. The van der Waals surface area contributed by atoms with Crippen molar-refractivity contribution in [1.82, 2.24) is 14.9 Å². The third kappa shape index (κ3) is 2.80. The highest BCUT2D eigenvalue weighted by Gasteiger charge is 2.33. The van der Waals surface area contributed by atoms with Crippen LogP contribution in [-0.4, -0.2) is 32.2 Å². The molecule has 1 aliphatic rings. The van der Waals surface area contributed by atoms with Crippen LogP contribution in [0, 0.1) is 10.1 Å². The zero-order valence-corrected chi connectivity index (χ0v) is 14.4. The Kier molecular flexibility index (Phi) is 4.08. The number of nitrogens with zero attached hydrogens (tertiary/aromatic N) is 3. The van der Waals surface area contributed by atoms with Crippen LogP contribution in [0.4, 0.5) is 5.69 Å². The third-order valence-electron chi connectivity index (χ3n) is 4.63. The van der Waals surface area contributed by atoms with Crippen LogP contribution in [0.1, 0.15) is 35.1 Å². The average molecular weight is 371 g/mol. The fourth-order valence-corrected chi connectivity index (χ4v) is 3.56. The van der Waals surface area contributed by atoms with Gasteiger partial charge < -0.3 is 9.88 Å². The van der Waals surface area contributed by atoms with Gasteiger partial charge in [0.25, 0.3) is 11.6 Å². The lowest BCUT2D eigenvalue weighted by Gasteiger charge is -2.23. The molecule has 0 radical (unpaired) electrons. The van der Waals surface area contributed by atoms with Crippen LogP contribution in [0.3, 0.4) is 0 Å². The lowest BCUT2D eigenvalue weighted by Crippen LogP contribution is -2.31. The van der Waals surface area contributed by atoms with E-state index in [0.29, 0.717) is 6.54 Å². The highest BCUT2D eigenvalue weighted by molar-refractivity contribution is 6.32. The summed E-state index contributed by atoms with van der Waals surface area (Å²) >= 11 is 5.84. The van der Waals surface area contributed by atoms with Gasteiger partial charge in [-0.25, -0.2) is 4.98 Å². The summed E-state index contributed by atoms with van der Waals surface area (Å²) in [5.41, 5.74) is 1.76. The van der Waals surface area contributed by atoms with E-state index in [0.717, 1.165) is 29.7 Å². The quantitative estimate of drug-likeness (QED) is 0.554. The van der Waals surface area contributed by atoms with E-state index in [1.807, 2.05) is 24.3 Å². The number of imidazole rings is 1. The van der Waals surface area contributed by atoms with Crippen LogP contribution in [0.5, 0.6) is 0 Å². The standard InChI is InChI=1S/C18H15ClN4O3/c19-12-8-7-11(10-16(12)23(25)26)18(24)22-9-3-6-15(22)17-20-13-4-1-2-5-14(13)21-17/h1-2,4-5,7-8,10,15H,3,6,9H2,(H,20,21). The highest BCUT2D eigenvalue weighted by Crippen LogP contribution is 2.34. The Balaban J connectivity index is 1.67. The van der Waals surface area contributed by atoms with E-state index in [9.17, 15) is 14.9 Å². The van der Waals surface area contributed by atoms with Gasteiger partial charge in [-0.15, -0.1) is 0 Å². The minimum Gasteiger partial charge on any atom is -0.340 e. The molecule has 1 atom stereocenters. The van der Waals surface area contributed by atoms with Crippen molar-refractivity contribution in [2.75, 3.05) is 6.54 Å². The van der Waals surface area contributed by atoms with Gasteiger partial charge in [-0.05, 0) is 37.1 Å². The van der Waals surface area contributed by atoms with Gasteiger partial charge in [0, 0.05) is 18.2 Å². The predicted octanol–water partition coefficient (Wildman–Crippen LogP) is 4.10. The fraction of sp³-hybridized carbons (Fsp3) is 0.222. The molecule has 0 spiro atoms. The van der Waals surface area contributed by atoms with Crippen molar-refractivity contribution in [1.29, 1.82) is 0 Å². The van der Waals surface area contributed by atoms with Gasteiger partial charge in [0.15, 0.2) is 0 Å². The second-order valence-corrected chi connectivity index (χ2v) is 6.63. The van der Waals surface area contributed by atoms with Crippen molar-refractivity contribution < 1.29 is 9.72 Å². The lowest BCUT2D eigenvalue weighted by atomic mass is 10.1. The van der Waals surface area contributed by atoms with Gasteiger partial charge in [0.2, 0.25) is 0 Å². The van der Waals surface area contributed by atoms with Gasteiger partial charge in [-0.3, -0.25) is 14.9 Å². The molecule has 2 heterocycles. The number of nitrogens with one attached hydrogen (secondary N) is 1. The summed E-state index contributed by atoms with van der Waals surface area (Å²) in [5, 5.41) is 11.1. The number of aromatic amines is 1. The first-order valence-electron chi connectivity index (χ1n) is 8.24. The molecule has 8 heteroatoms. The molecule has 26 heavy (non-hydrogen) atoms. The van der Waals surface area contributed by atoms with Crippen molar-refractivity contribution >= 4 is 34.2 Å². The second-order valence-electron chi connectivity index (χ2n) is 6.22. The summed E-state index contributed by atoms with van der Waals surface area (Å²) in [7, 11) is 0. The molecule has 0 saturated carbocycles. The van der Waals surface area contributed by atoms with E-state index >= 15 is 0 Å². The molecule has 0 bridgehead atoms. The summed E-state index contributed by atoms with van der Waals surface area (Å²) in [4.78, 5) is 33.0. The van der Waals surface area contributed by atoms with E-state index in [1.165, 1.54) is 18.2 Å². The van der Waals surface area contributed by atoms with E-state index < -0.39 is 4.92 Å². The number of carbonyl (C=O) groups excluding carboxylic acids is 1. The molecule has 1 aliphatic heterocycles.